The molecule has 9 nitrogen and oxygen atoms in total. The Kier molecular flexibility index (Phi) is 7.35. The van der Waals surface area contributed by atoms with Crippen LogP contribution in [0.3, 0.4) is 0 Å². The molecule has 1 amide bonds. The van der Waals surface area contributed by atoms with Crippen molar-refractivity contribution < 1.29 is 19.1 Å². The van der Waals surface area contributed by atoms with Gasteiger partial charge in [0.25, 0.3) is 5.91 Å². The molecule has 5 rings (SSSR count). The van der Waals surface area contributed by atoms with Crippen molar-refractivity contribution in [3.05, 3.63) is 96.2 Å². The number of carbonyl (C=O) groups is 2. The maximum atomic E-state index is 14.3. The second kappa shape index (κ2) is 11.0. The summed E-state index contributed by atoms with van der Waals surface area (Å²) in [5.41, 5.74) is 4.37. The fourth-order valence-corrected chi connectivity index (χ4v) is 4.75. The molecule has 0 bridgehead atoms. The first kappa shape index (κ1) is 26.6. The molecule has 3 heterocycles. The van der Waals surface area contributed by atoms with Crippen molar-refractivity contribution in [1.29, 1.82) is 0 Å². The number of aryl methyl sites for hydroxylation is 1. The van der Waals surface area contributed by atoms with E-state index in [1.807, 2.05) is 55.5 Å². The van der Waals surface area contributed by atoms with E-state index in [1.165, 1.54) is 15.6 Å². The number of aromatic nitrogens is 4. The molecule has 0 radical (unpaired) electrons. The zero-order valence-electron chi connectivity index (χ0n) is 22.2. The van der Waals surface area contributed by atoms with Gasteiger partial charge in [-0.15, -0.1) is 0 Å². The van der Waals surface area contributed by atoms with E-state index >= 15 is 0 Å². The lowest BCUT2D eigenvalue weighted by Crippen LogP contribution is -2.43. The van der Waals surface area contributed by atoms with E-state index in [1.54, 1.807) is 26.4 Å². The Morgan fingerprint density at radius 1 is 1.07 bits per heavy atom. The van der Waals surface area contributed by atoms with Crippen molar-refractivity contribution in [2.45, 2.75) is 20.0 Å². The largest absolute Gasteiger partial charge is 0.478 e. The first-order valence-corrected chi connectivity index (χ1v) is 12.7. The molecule has 40 heavy (non-hydrogen) atoms. The van der Waals surface area contributed by atoms with Gasteiger partial charge < -0.3 is 10.0 Å². The van der Waals surface area contributed by atoms with Gasteiger partial charge in [0.05, 0.1) is 16.8 Å². The van der Waals surface area contributed by atoms with Crippen LogP contribution < -0.4 is 10.2 Å². The van der Waals surface area contributed by atoms with E-state index in [4.69, 9.17) is 5.10 Å². The predicted octanol–water partition coefficient (Wildman–Crippen LogP) is 5.08. The van der Waals surface area contributed by atoms with Gasteiger partial charge in [-0.3, -0.25) is 20.1 Å². The van der Waals surface area contributed by atoms with Gasteiger partial charge >= 0.3 is 5.97 Å². The summed E-state index contributed by atoms with van der Waals surface area (Å²) < 4.78 is 15.8. The number of aromatic carboxylic acids is 1. The third-order valence-corrected chi connectivity index (χ3v) is 6.60. The predicted molar refractivity (Wildman–Crippen MR) is 150 cm³/mol. The Balaban J connectivity index is 1.64. The van der Waals surface area contributed by atoms with E-state index in [-0.39, 0.29) is 17.8 Å². The first-order chi connectivity index (χ1) is 19.3. The van der Waals surface area contributed by atoms with Crippen LogP contribution in [-0.2, 0) is 4.79 Å². The van der Waals surface area contributed by atoms with Gasteiger partial charge in [0.1, 0.15) is 11.5 Å². The summed E-state index contributed by atoms with van der Waals surface area (Å²) in [6.07, 6.45) is 2.52. The molecule has 0 fully saturated rings. The Morgan fingerprint density at radius 3 is 2.60 bits per heavy atom. The van der Waals surface area contributed by atoms with Crippen LogP contribution in [0, 0.1) is 12.7 Å². The fourth-order valence-electron chi connectivity index (χ4n) is 4.75. The molecule has 3 aromatic heterocycles. The number of rotatable bonds is 8. The average Bonchev–Trinajstić information content (AvgIpc) is 3.38. The molecule has 0 aliphatic heterocycles. The zero-order chi connectivity index (χ0) is 28.4. The van der Waals surface area contributed by atoms with E-state index in [0.29, 0.717) is 11.4 Å². The van der Waals surface area contributed by atoms with Gasteiger partial charge in [0.15, 0.2) is 6.17 Å². The van der Waals surface area contributed by atoms with Crippen molar-refractivity contribution in [3.63, 3.8) is 0 Å². The molecule has 5 aromatic rings. The van der Waals surface area contributed by atoms with Crippen LogP contribution in [0.15, 0.2) is 79.1 Å². The number of likely N-dealkylation sites (N-methyl/N-ethyl adjacent to an activating group) is 2. The SMILES string of the molecule is CCN(C(=O)C(NC)n1cc(-c2ccnc3ccccc23)c(-c2cccc(C)n2)n1)c1cc(F)cc(C(=O)O)c1. The maximum Gasteiger partial charge on any atom is 0.335 e. The van der Waals surface area contributed by atoms with Crippen LogP contribution in [0.5, 0.6) is 0 Å². The Labute approximate surface area is 229 Å². The summed E-state index contributed by atoms with van der Waals surface area (Å²) in [5, 5.41) is 18.2. The molecule has 0 aliphatic rings. The van der Waals surface area contributed by atoms with Gasteiger partial charge in [-0.2, -0.15) is 5.10 Å². The normalized spacial score (nSPS) is 11.9. The van der Waals surface area contributed by atoms with Crippen molar-refractivity contribution >= 4 is 28.5 Å². The van der Waals surface area contributed by atoms with Gasteiger partial charge in [-0.05, 0) is 68.9 Å². The fraction of sp³-hybridized carbons (Fsp3) is 0.167. The molecule has 202 valence electrons. The number of hydrogen-bond donors (Lipinski definition) is 2. The number of fused-ring (bicyclic) bond motifs is 1. The lowest BCUT2D eigenvalue weighted by molar-refractivity contribution is -0.122. The van der Waals surface area contributed by atoms with E-state index in [0.717, 1.165) is 39.9 Å². The number of carboxylic acid groups (broad SMARTS) is 1. The average molecular weight is 539 g/mol. The number of benzene rings is 2. The van der Waals surface area contributed by atoms with Crippen molar-refractivity contribution in [1.82, 2.24) is 25.1 Å². The van der Waals surface area contributed by atoms with Crippen LogP contribution >= 0.6 is 0 Å². The smallest absolute Gasteiger partial charge is 0.335 e. The second-order valence-corrected chi connectivity index (χ2v) is 9.19. The highest BCUT2D eigenvalue weighted by molar-refractivity contribution is 5.99. The minimum absolute atomic E-state index is 0.137. The molecular weight excluding hydrogens is 511 g/mol. The van der Waals surface area contributed by atoms with Crippen LogP contribution in [0.25, 0.3) is 33.4 Å². The minimum atomic E-state index is -1.29. The van der Waals surface area contributed by atoms with Crippen molar-refractivity contribution in [2.24, 2.45) is 0 Å². The summed E-state index contributed by atoms with van der Waals surface area (Å²) in [6.45, 7) is 3.80. The van der Waals surface area contributed by atoms with Crippen LogP contribution in [-0.4, -0.2) is 50.3 Å². The number of amides is 1. The lowest BCUT2D eigenvalue weighted by Gasteiger charge is -2.26. The highest BCUT2D eigenvalue weighted by Gasteiger charge is 2.29. The quantitative estimate of drug-likeness (QED) is 0.283. The summed E-state index contributed by atoms with van der Waals surface area (Å²) in [5.74, 6) is -2.48. The molecule has 2 aromatic carbocycles. The van der Waals surface area contributed by atoms with Gasteiger partial charge in [-0.1, -0.05) is 24.3 Å². The zero-order valence-corrected chi connectivity index (χ0v) is 22.2. The van der Waals surface area contributed by atoms with Gasteiger partial charge in [0, 0.05) is 41.3 Å². The number of pyridine rings is 2. The summed E-state index contributed by atoms with van der Waals surface area (Å²) >= 11 is 0. The summed E-state index contributed by atoms with van der Waals surface area (Å²) in [7, 11) is 1.62. The topological polar surface area (TPSA) is 113 Å². The molecule has 1 atom stereocenters. The third kappa shape index (κ3) is 5.04. The maximum absolute atomic E-state index is 14.3. The summed E-state index contributed by atoms with van der Waals surface area (Å²) in [4.78, 5) is 35.9. The van der Waals surface area contributed by atoms with Crippen LogP contribution in [0.4, 0.5) is 10.1 Å². The monoisotopic (exact) mass is 538 g/mol. The minimum Gasteiger partial charge on any atom is -0.478 e. The lowest BCUT2D eigenvalue weighted by atomic mass is 10.0. The molecule has 2 N–H and O–H groups in total. The number of para-hydroxylation sites is 1. The number of halogens is 1. The molecule has 1 unspecified atom stereocenters. The molecule has 0 aliphatic carbocycles. The van der Waals surface area contributed by atoms with E-state index in [9.17, 15) is 19.1 Å². The highest BCUT2D eigenvalue weighted by atomic mass is 19.1. The second-order valence-electron chi connectivity index (χ2n) is 9.19. The molecule has 10 heteroatoms. The standard InChI is InChI=1S/C30H27FN6O3/c1-4-36(21-15-19(30(39)40)14-20(31)16-21)29(38)28(32-3)37-17-24(27(35-37)26-11-7-8-18(2)34-26)22-12-13-33-25-10-6-5-9-23(22)25/h5-17,28,32H,4H2,1-3H3,(H,39,40). The first-order valence-electron chi connectivity index (χ1n) is 12.7. The van der Waals surface area contributed by atoms with Crippen LogP contribution in [0.2, 0.25) is 0 Å². The number of nitrogens with one attached hydrogen (secondary N) is 1. The Hall–Kier alpha value is -4.96. The molecule has 0 saturated carbocycles. The summed E-state index contributed by atoms with van der Waals surface area (Å²) in [6, 6.07) is 18.6. The third-order valence-electron chi connectivity index (χ3n) is 6.60. The van der Waals surface area contributed by atoms with Gasteiger partial charge in [-0.25, -0.2) is 13.9 Å². The van der Waals surface area contributed by atoms with Crippen LogP contribution in [0.1, 0.15) is 29.1 Å². The number of hydrogen-bond acceptors (Lipinski definition) is 6. The number of anilines is 1. The van der Waals surface area contributed by atoms with Gasteiger partial charge in [0.2, 0.25) is 0 Å². The van der Waals surface area contributed by atoms with E-state index < -0.39 is 23.9 Å². The number of nitrogens with zero attached hydrogens (tertiary/aromatic N) is 5. The van der Waals surface area contributed by atoms with Crippen molar-refractivity contribution in [3.8, 4) is 22.5 Å². The molecular formula is C30H27FN6O3. The van der Waals surface area contributed by atoms with Crippen molar-refractivity contribution in [2.75, 3.05) is 18.5 Å². The highest BCUT2D eigenvalue weighted by Crippen LogP contribution is 2.35. The molecule has 0 spiro atoms. The Morgan fingerprint density at radius 2 is 1.88 bits per heavy atom. The number of carbonyl (C=O) groups excluding carboxylic acids is 1. The Bertz CT molecular complexity index is 1730. The number of carboxylic acids is 1. The van der Waals surface area contributed by atoms with E-state index in [2.05, 4.69) is 15.3 Å². The molecule has 0 saturated heterocycles.